The van der Waals surface area contributed by atoms with Gasteiger partial charge in [-0.15, -0.1) is 11.3 Å². The highest BCUT2D eigenvalue weighted by Crippen LogP contribution is 2.17. The van der Waals surface area contributed by atoms with E-state index < -0.39 is 0 Å². The van der Waals surface area contributed by atoms with Gasteiger partial charge in [0.15, 0.2) is 10.9 Å². The average molecular weight is 314 g/mol. The molecule has 3 aromatic rings. The number of furan rings is 1. The molecule has 0 aliphatic heterocycles. The van der Waals surface area contributed by atoms with E-state index in [2.05, 4.69) is 10.3 Å². The van der Waals surface area contributed by atoms with Crippen LogP contribution in [-0.2, 0) is 6.61 Å². The molecule has 2 aromatic heterocycles. The van der Waals surface area contributed by atoms with Crippen LogP contribution in [0.4, 0.5) is 5.13 Å². The minimum atomic E-state index is -0.319. The number of aryl methyl sites for hydroxylation is 1. The molecule has 3 rings (SSSR count). The van der Waals surface area contributed by atoms with E-state index in [0.717, 1.165) is 11.4 Å². The quantitative estimate of drug-likeness (QED) is 0.776. The van der Waals surface area contributed by atoms with Crippen LogP contribution in [0.2, 0.25) is 0 Å². The van der Waals surface area contributed by atoms with Gasteiger partial charge in [0.1, 0.15) is 18.1 Å². The fourth-order valence-electron chi connectivity index (χ4n) is 1.82. The monoisotopic (exact) mass is 314 g/mol. The van der Waals surface area contributed by atoms with Crippen LogP contribution >= 0.6 is 11.3 Å². The van der Waals surface area contributed by atoms with Gasteiger partial charge in [0.2, 0.25) is 0 Å². The second-order valence-electron chi connectivity index (χ2n) is 4.62. The number of thiazole rings is 1. The van der Waals surface area contributed by atoms with Gasteiger partial charge < -0.3 is 9.15 Å². The second kappa shape index (κ2) is 6.44. The first-order valence-electron chi connectivity index (χ1n) is 6.71. The number of carbonyl (C=O) groups excluding carboxylic acids is 1. The standard InChI is InChI=1S/C16H14N2O3S/c1-11-10-22-16(17-11)18-15(19)14-8-7-13(21-14)9-20-12-5-3-2-4-6-12/h2-8,10H,9H2,1H3,(H,17,18,19). The molecule has 0 saturated carbocycles. The molecule has 1 amide bonds. The molecule has 22 heavy (non-hydrogen) atoms. The largest absolute Gasteiger partial charge is 0.486 e. The van der Waals surface area contributed by atoms with Crippen molar-refractivity contribution in [2.75, 3.05) is 5.32 Å². The van der Waals surface area contributed by atoms with Gasteiger partial charge in [-0.25, -0.2) is 4.98 Å². The molecular weight excluding hydrogens is 300 g/mol. The molecule has 0 unspecified atom stereocenters. The molecular formula is C16H14N2O3S. The van der Waals surface area contributed by atoms with Crippen LogP contribution in [0.3, 0.4) is 0 Å². The molecule has 5 nitrogen and oxygen atoms in total. The Morgan fingerprint density at radius 2 is 2.09 bits per heavy atom. The molecule has 0 aliphatic carbocycles. The van der Waals surface area contributed by atoms with E-state index in [9.17, 15) is 4.79 Å². The van der Waals surface area contributed by atoms with Crippen LogP contribution in [0.15, 0.2) is 52.3 Å². The van der Waals surface area contributed by atoms with Gasteiger partial charge in [0, 0.05) is 5.38 Å². The van der Waals surface area contributed by atoms with E-state index in [4.69, 9.17) is 9.15 Å². The lowest BCUT2D eigenvalue weighted by Crippen LogP contribution is -2.10. The van der Waals surface area contributed by atoms with Crippen LogP contribution < -0.4 is 10.1 Å². The number of ether oxygens (including phenoxy) is 1. The number of para-hydroxylation sites is 1. The fourth-order valence-corrected chi connectivity index (χ4v) is 2.50. The summed E-state index contributed by atoms with van der Waals surface area (Å²) < 4.78 is 11.1. The first-order chi connectivity index (χ1) is 10.7. The maximum Gasteiger partial charge on any atom is 0.293 e. The Kier molecular flexibility index (Phi) is 4.20. The number of amides is 1. The van der Waals surface area contributed by atoms with Crippen molar-refractivity contribution in [1.29, 1.82) is 0 Å². The van der Waals surface area contributed by atoms with Crippen LogP contribution in [-0.4, -0.2) is 10.9 Å². The van der Waals surface area contributed by atoms with Crippen LogP contribution in [0.25, 0.3) is 0 Å². The third-order valence-corrected chi connectivity index (χ3v) is 3.72. The molecule has 2 heterocycles. The number of benzene rings is 1. The maximum atomic E-state index is 12.0. The van der Waals surface area contributed by atoms with Crippen LogP contribution in [0.1, 0.15) is 22.0 Å². The lowest BCUT2D eigenvalue weighted by Gasteiger charge is -2.03. The lowest BCUT2D eigenvalue weighted by molar-refractivity contribution is 0.0992. The molecule has 0 bridgehead atoms. The third-order valence-electron chi connectivity index (χ3n) is 2.85. The van der Waals surface area contributed by atoms with E-state index >= 15 is 0 Å². The second-order valence-corrected chi connectivity index (χ2v) is 5.47. The first kappa shape index (κ1) is 14.3. The van der Waals surface area contributed by atoms with Crippen molar-refractivity contribution in [2.45, 2.75) is 13.5 Å². The molecule has 1 aromatic carbocycles. The number of anilines is 1. The fraction of sp³-hybridized carbons (Fsp3) is 0.125. The summed E-state index contributed by atoms with van der Waals surface area (Å²) in [5.74, 6) is 1.26. The summed E-state index contributed by atoms with van der Waals surface area (Å²) in [6, 6.07) is 12.8. The van der Waals surface area contributed by atoms with Gasteiger partial charge in [-0.3, -0.25) is 10.1 Å². The van der Waals surface area contributed by atoms with E-state index in [1.807, 2.05) is 42.6 Å². The van der Waals surface area contributed by atoms with E-state index in [0.29, 0.717) is 10.9 Å². The van der Waals surface area contributed by atoms with Crippen molar-refractivity contribution in [3.8, 4) is 5.75 Å². The third kappa shape index (κ3) is 3.53. The number of nitrogens with zero attached hydrogens (tertiary/aromatic N) is 1. The van der Waals surface area contributed by atoms with Crippen molar-refractivity contribution in [3.63, 3.8) is 0 Å². The minimum Gasteiger partial charge on any atom is -0.486 e. The Labute approximate surface area is 131 Å². The zero-order valence-electron chi connectivity index (χ0n) is 11.9. The topological polar surface area (TPSA) is 64.4 Å². The van der Waals surface area contributed by atoms with E-state index in [-0.39, 0.29) is 18.3 Å². The summed E-state index contributed by atoms with van der Waals surface area (Å²) in [4.78, 5) is 16.2. The summed E-state index contributed by atoms with van der Waals surface area (Å²) in [7, 11) is 0. The minimum absolute atomic E-state index is 0.236. The predicted molar refractivity (Wildman–Crippen MR) is 84.3 cm³/mol. The zero-order valence-corrected chi connectivity index (χ0v) is 12.7. The summed E-state index contributed by atoms with van der Waals surface area (Å²) in [6.45, 7) is 2.14. The summed E-state index contributed by atoms with van der Waals surface area (Å²) in [5, 5.41) is 5.13. The molecule has 1 N–H and O–H groups in total. The van der Waals surface area contributed by atoms with Crippen LogP contribution in [0.5, 0.6) is 5.75 Å². The molecule has 0 saturated heterocycles. The molecule has 0 aliphatic rings. The molecule has 112 valence electrons. The summed E-state index contributed by atoms with van der Waals surface area (Å²) >= 11 is 1.38. The summed E-state index contributed by atoms with van der Waals surface area (Å²) in [5.41, 5.74) is 0.872. The van der Waals surface area contributed by atoms with Crippen molar-refractivity contribution >= 4 is 22.4 Å². The number of nitrogens with one attached hydrogen (secondary N) is 1. The normalized spacial score (nSPS) is 10.4. The van der Waals surface area contributed by atoms with Crippen molar-refractivity contribution in [2.24, 2.45) is 0 Å². The average Bonchev–Trinajstić information content (AvgIpc) is 3.15. The highest BCUT2D eigenvalue weighted by atomic mass is 32.1. The predicted octanol–water partition coefficient (Wildman–Crippen LogP) is 3.88. The van der Waals surface area contributed by atoms with Gasteiger partial charge in [0.05, 0.1) is 5.69 Å². The smallest absolute Gasteiger partial charge is 0.293 e. The van der Waals surface area contributed by atoms with E-state index in [1.165, 1.54) is 11.3 Å². The summed E-state index contributed by atoms with van der Waals surface area (Å²) in [6.07, 6.45) is 0. The Morgan fingerprint density at radius 1 is 1.27 bits per heavy atom. The molecule has 0 atom stereocenters. The Balaban J connectivity index is 1.59. The lowest BCUT2D eigenvalue weighted by atomic mass is 10.3. The Hall–Kier alpha value is -2.60. The number of carbonyl (C=O) groups is 1. The van der Waals surface area contributed by atoms with Gasteiger partial charge in [-0.1, -0.05) is 18.2 Å². The zero-order chi connectivity index (χ0) is 15.4. The van der Waals surface area contributed by atoms with E-state index in [1.54, 1.807) is 12.1 Å². The Bertz CT molecular complexity index is 765. The molecule has 0 fully saturated rings. The van der Waals surface area contributed by atoms with Gasteiger partial charge >= 0.3 is 0 Å². The Morgan fingerprint density at radius 3 is 2.82 bits per heavy atom. The van der Waals surface area contributed by atoms with Gasteiger partial charge in [-0.05, 0) is 31.2 Å². The number of hydrogen-bond donors (Lipinski definition) is 1. The molecule has 6 heteroatoms. The number of rotatable bonds is 5. The highest BCUT2D eigenvalue weighted by Gasteiger charge is 2.13. The van der Waals surface area contributed by atoms with Crippen molar-refractivity contribution < 1.29 is 13.9 Å². The van der Waals surface area contributed by atoms with Gasteiger partial charge in [0.25, 0.3) is 5.91 Å². The molecule has 0 spiro atoms. The first-order valence-corrected chi connectivity index (χ1v) is 7.59. The maximum absolute atomic E-state index is 12.0. The molecule has 0 radical (unpaired) electrons. The van der Waals surface area contributed by atoms with Crippen molar-refractivity contribution in [3.05, 3.63) is 65.1 Å². The number of hydrogen-bond acceptors (Lipinski definition) is 5. The van der Waals surface area contributed by atoms with Gasteiger partial charge in [-0.2, -0.15) is 0 Å². The van der Waals surface area contributed by atoms with Crippen LogP contribution in [0, 0.1) is 6.92 Å². The SMILES string of the molecule is Cc1csc(NC(=O)c2ccc(COc3ccccc3)o2)n1. The number of aromatic nitrogens is 1. The van der Waals surface area contributed by atoms with Crippen molar-refractivity contribution in [1.82, 2.24) is 4.98 Å². The highest BCUT2D eigenvalue weighted by molar-refractivity contribution is 7.13.